The van der Waals surface area contributed by atoms with E-state index >= 15 is 0 Å². The minimum Gasteiger partial charge on any atom is -0.292 e. The van der Waals surface area contributed by atoms with Crippen molar-refractivity contribution in [3.8, 4) is 6.07 Å². The van der Waals surface area contributed by atoms with Gasteiger partial charge in [-0.05, 0) is 45.6 Å². The molecule has 0 amide bonds. The van der Waals surface area contributed by atoms with Gasteiger partial charge in [-0.1, -0.05) is 6.07 Å². The Labute approximate surface area is 116 Å². The second-order valence-electron chi connectivity index (χ2n) is 3.57. The molecule has 1 aromatic heterocycles. The van der Waals surface area contributed by atoms with Gasteiger partial charge in [-0.3, -0.25) is 4.79 Å². The van der Waals surface area contributed by atoms with Crippen molar-refractivity contribution < 1.29 is 9.18 Å². The van der Waals surface area contributed by atoms with Crippen LogP contribution in [0.3, 0.4) is 0 Å². The van der Waals surface area contributed by atoms with Gasteiger partial charge in [-0.2, -0.15) is 5.26 Å². The molecule has 0 aliphatic heterocycles. The lowest BCUT2D eigenvalue weighted by atomic mass is 9.97. The summed E-state index contributed by atoms with van der Waals surface area (Å²) in [5.74, 6) is -1.58. The molecule has 90 valence electrons. The van der Waals surface area contributed by atoms with Crippen LogP contribution >= 0.6 is 27.3 Å². The summed E-state index contributed by atoms with van der Waals surface area (Å²) in [5.41, 5.74) is 0.322. The number of nitriles is 1. The van der Waals surface area contributed by atoms with E-state index in [4.69, 9.17) is 5.26 Å². The van der Waals surface area contributed by atoms with Crippen molar-refractivity contribution in [3.05, 3.63) is 56.4 Å². The summed E-state index contributed by atoms with van der Waals surface area (Å²) in [7, 11) is 0. The third kappa shape index (κ3) is 2.50. The van der Waals surface area contributed by atoms with E-state index in [1.807, 2.05) is 11.4 Å². The van der Waals surface area contributed by atoms with Crippen LogP contribution in [0.1, 0.15) is 21.2 Å². The number of halogens is 2. The molecule has 0 fully saturated rings. The van der Waals surface area contributed by atoms with Crippen molar-refractivity contribution in [1.29, 1.82) is 5.26 Å². The number of carbonyl (C=O) groups is 1. The number of hydrogen-bond acceptors (Lipinski definition) is 3. The lowest BCUT2D eigenvalue weighted by molar-refractivity contribution is 0.0980. The highest BCUT2D eigenvalue weighted by Gasteiger charge is 2.23. The number of hydrogen-bond donors (Lipinski definition) is 0. The fourth-order valence-electron chi connectivity index (χ4n) is 1.52. The first kappa shape index (κ1) is 12.9. The average molecular weight is 324 g/mol. The molecule has 1 atom stereocenters. The van der Waals surface area contributed by atoms with E-state index in [-0.39, 0.29) is 10.3 Å². The summed E-state index contributed by atoms with van der Waals surface area (Å²) in [4.78, 5) is 12.9. The Bertz CT molecular complexity index is 618. The molecule has 0 radical (unpaired) electrons. The van der Waals surface area contributed by atoms with Gasteiger partial charge in [-0.25, -0.2) is 4.39 Å². The SMILES string of the molecule is N#CC(C(=O)c1ccc(F)c(Br)c1)c1cccs1. The molecule has 2 rings (SSSR count). The monoisotopic (exact) mass is 323 g/mol. The Kier molecular flexibility index (Phi) is 3.90. The van der Waals surface area contributed by atoms with Gasteiger partial charge in [-0.15, -0.1) is 11.3 Å². The Balaban J connectivity index is 2.36. The molecular weight excluding hydrogens is 317 g/mol. The van der Waals surface area contributed by atoms with E-state index in [1.165, 1.54) is 29.5 Å². The third-order valence-electron chi connectivity index (χ3n) is 2.42. The van der Waals surface area contributed by atoms with E-state index in [0.717, 1.165) is 0 Å². The van der Waals surface area contributed by atoms with Crippen molar-refractivity contribution in [2.24, 2.45) is 0 Å². The van der Waals surface area contributed by atoms with Crippen LogP contribution < -0.4 is 0 Å². The Morgan fingerprint density at radius 1 is 1.44 bits per heavy atom. The first-order chi connectivity index (χ1) is 8.63. The maximum absolute atomic E-state index is 13.1. The van der Waals surface area contributed by atoms with Crippen molar-refractivity contribution in [2.75, 3.05) is 0 Å². The molecule has 0 bridgehead atoms. The highest BCUT2D eigenvalue weighted by Crippen LogP contribution is 2.26. The number of Topliss-reactive ketones (excluding diaryl/α,β-unsaturated/α-hetero) is 1. The Morgan fingerprint density at radius 2 is 2.22 bits per heavy atom. The largest absolute Gasteiger partial charge is 0.292 e. The summed E-state index contributed by atoms with van der Waals surface area (Å²) in [5, 5.41) is 10.9. The van der Waals surface area contributed by atoms with E-state index < -0.39 is 11.7 Å². The van der Waals surface area contributed by atoms with E-state index in [2.05, 4.69) is 15.9 Å². The highest BCUT2D eigenvalue weighted by molar-refractivity contribution is 9.10. The average Bonchev–Trinajstić information content (AvgIpc) is 2.87. The van der Waals surface area contributed by atoms with Gasteiger partial charge in [0.2, 0.25) is 0 Å². The molecule has 0 aliphatic carbocycles. The van der Waals surface area contributed by atoms with Crippen LogP contribution in [-0.4, -0.2) is 5.78 Å². The molecule has 1 aromatic carbocycles. The standard InChI is InChI=1S/C13H7BrFNOS/c14-10-6-8(3-4-11(10)15)13(17)9(7-16)12-2-1-5-18-12/h1-6,9H. The Morgan fingerprint density at radius 3 is 2.78 bits per heavy atom. The van der Waals surface area contributed by atoms with Gasteiger partial charge >= 0.3 is 0 Å². The second kappa shape index (κ2) is 5.42. The zero-order chi connectivity index (χ0) is 13.1. The number of carbonyl (C=O) groups excluding carboxylic acids is 1. The van der Waals surface area contributed by atoms with E-state index in [0.29, 0.717) is 10.4 Å². The van der Waals surface area contributed by atoms with Gasteiger partial charge in [0.1, 0.15) is 11.7 Å². The molecule has 0 N–H and O–H groups in total. The first-order valence-corrected chi connectivity index (χ1v) is 6.73. The molecule has 5 heteroatoms. The molecule has 2 aromatic rings. The smallest absolute Gasteiger partial charge is 0.185 e. The molecule has 1 unspecified atom stereocenters. The zero-order valence-corrected chi connectivity index (χ0v) is 11.5. The molecule has 1 heterocycles. The zero-order valence-electron chi connectivity index (χ0n) is 9.06. The van der Waals surface area contributed by atoms with Crippen LogP contribution in [0, 0.1) is 17.1 Å². The van der Waals surface area contributed by atoms with Crippen LogP contribution in [0.4, 0.5) is 4.39 Å². The number of thiophene rings is 1. The number of rotatable bonds is 3. The fourth-order valence-corrected chi connectivity index (χ4v) is 2.67. The molecule has 18 heavy (non-hydrogen) atoms. The quantitative estimate of drug-likeness (QED) is 0.796. The molecule has 0 spiro atoms. The molecule has 2 nitrogen and oxygen atoms in total. The van der Waals surface area contributed by atoms with E-state index in [9.17, 15) is 9.18 Å². The summed E-state index contributed by atoms with van der Waals surface area (Å²) in [6.07, 6.45) is 0. The first-order valence-electron chi connectivity index (χ1n) is 5.05. The maximum Gasteiger partial charge on any atom is 0.185 e. The van der Waals surface area contributed by atoms with Gasteiger partial charge < -0.3 is 0 Å². The molecule has 0 aliphatic rings. The van der Waals surface area contributed by atoms with Crippen LogP contribution in [0.2, 0.25) is 0 Å². The normalized spacial score (nSPS) is 11.8. The van der Waals surface area contributed by atoms with Gasteiger partial charge in [0.05, 0.1) is 10.5 Å². The number of ketones is 1. The minimum absolute atomic E-state index is 0.219. The van der Waals surface area contributed by atoms with Crippen LogP contribution in [0.5, 0.6) is 0 Å². The van der Waals surface area contributed by atoms with Gasteiger partial charge in [0.25, 0.3) is 0 Å². The highest BCUT2D eigenvalue weighted by atomic mass is 79.9. The van der Waals surface area contributed by atoms with Gasteiger partial charge in [0.15, 0.2) is 5.78 Å². The maximum atomic E-state index is 13.1. The summed E-state index contributed by atoms with van der Waals surface area (Å²) in [6.45, 7) is 0. The minimum atomic E-state index is -0.831. The topological polar surface area (TPSA) is 40.9 Å². The van der Waals surface area contributed by atoms with Gasteiger partial charge in [0, 0.05) is 10.4 Å². The van der Waals surface area contributed by atoms with Crippen molar-refractivity contribution >= 4 is 33.0 Å². The predicted octanol–water partition coefficient (Wildman–Crippen LogP) is 4.14. The third-order valence-corrected chi connectivity index (χ3v) is 3.97. The molecule has 0 saturated carbocycles. The van der Waals surface area contributed by atoms with Crippen molar-refractivity contribution in [3.63, 3.8) is 0 Å². The fraction of sp³-hybridized carbons (Fsp3) is 0.0769. The molecular formula is C13H7BrFNOS. The van der Waals surface area contributed by atoms with Crippen LogP contribution in [-0.2, 0) is 0 Å². The molecule has 0 saturated heterocycles. The summed E-state index contributed by atoms with van der Waals surface area (Å²) in [6, 6.07) is 9.52. The van der Waals surface area contributed by atoms with E-state index in [1.54, 1.807) is 12.1 Å². The Hall–Kier alpha value is -1.51. The predicted molar refractivity (Wildman–Crippen MR) is 71.1 cm³/mol. The summed E-state index contributed by atoms with van der Waals surface area (Å²) >= 11 is 4.38. The van der Waals surface area contributed by atoms with Crippen LogP contribution in [0.25, 0.3) is 0 Å². The van der Waals surface area contributed by atoms with Crippen LogP contribution in [0.15, 0.2) is 40.2 Å². The van der Waals surface area contributed by atoms with Crippen molar-refractivity contribution in [2.45, 2.75) is 5.92 Å². The van der Waals surface area contributed by atoms with Crippen molar-refractivity contribution in [1.82, 2.24) is 0 Å². The lowest BCUT2D eigenvalue weighted by Gasteiger charge is -2.06. The number of nitrogens with zero attached hydrogens (tertiary/aromatic N) is 1. The second-order valence-corrected chi connectivity index (χ2v) is 5.40. The lowest BCUT2D eigenvalue weighted by Crippen LogP contribution is -2.10. The number of benzene rings is 1. The summed E-state index contributed by atoms with van der Waals surface area (Å²) < 4.78 is 13.3.